The maximum Gasteiger partial charge on any atom is 0.512 e. The predicted octanol–water partition coefficient (Wildman–Crippen LogP) is 1.59. The molecule has 0 atom stereocenters. The van der Waals surface area contributed by atoms with Gasteiger partial charge < -0.3 is 17.7 Å². The first-order chi connectivity index (χ1) is 8.86. The molecule has 0 fully saturated rings. The molecule has 0 aliphatic carbocycles. The summed E-state index contributed by atoms with van der Waals surface area (Å²) in [7, 11) is 1.66. The maximum atomic E-state index is 13.3. The van der Waals surface area contributed by atoms with E-state index in [-0.39, 0.29) is 12.4 Å². The van der Waals surface area contributed by atoms with Crippen molar-refractivity contribution in [3.63, 3.8) is 0 Å². The molecule has 0 saturated carbocycles. The highest BCUT2D eigenvalue weighted by atomic mass is 19.4. The van der Waals surface area contributed by atoms with Gasteiger partial charge in [-0.05, 0) is 6.07 Å². The number of aryl methyl sites for hydroxylation is 1. The Morgan fingerprint density at radius 1 is 1.32 bits per heavy atom. The molecule has 0 N–H and O–H groups in total. The Morgan fingerprint density at radius 3 is 2.58 bits per heavy atom. The predicted molar refractivity (Wildman–Crippen MR) is 60.4 cm³/mol. The number of halogens is 4. The van der Waals surface area contributed by atoms with Crippen LogP contribution in [0.4, 0.5) is 17.3 Å². The van der Waals surface area contributed by atoms with Crippen LogP contribution < -0.4 is 10.2 Å². The van der Waals surface area contributed by atoms with Crippen molar-refractivity contribution in [2.75, 3.05) is 0 Å². The zero-order valence-corrected chi connectivity index (χ0v) is 9.86. The molecule has 102 valence electrons. The Balaban J connectivity index is 2.08. The Labute approximate surface area is 106 Å². The lowest BCUT2D eigenvalue weighted by Crippen LogP contribution is -2.36. The van der Waals surface area contributed by atoms with E-state index in [4.69, 9.17) is 4.74 Å². The van der Waals surface area contributed by atoms with Gasteiger partial charge in [0.25, 0.3) is 0 Å². The first-order valence-corrected chi connectivity index (χ1v) is 5.33. The van der Waals surface area contributed by atoms with Crippen molar-refractivity contribution < 1.29 is 22.1 Å². The molecule has 1 aromatic carbocycles. The van der Waals surface area contributed by atoms with E-state index in [1.807, 2.05) is 0 Å². The Bertz CT molecular complexity index is 584. The molecular weight excluding hydrogens is 265 g/mol. The smallest absolute Gasteiger partial charge is 0.487 e. The Hall–Kier alpha value is -2.06. The van der Waals surface area contributed by atoms with Gasteiger partial charge in [-0.2, -0.15) is 0 Å². The largest absolute Gasteiger partial charge is 0.512 e. The molecule has 4 nitrogen and oxygen atoms in total. The van der Waals surface area contributed by atoms with E-state index < -0.39 is 18.3 Å². The van der Waals surface area contributed by atoms with Crippen molar-refractivity contribution in [3.05, 3.63) is 35.9 Å². The van der Waals surface area contributed by atoms with Gasteiger partial charge in [0.1, 0.15) is 18.1 Å². The van der Waals surface area contributed by atoms with Crippen LogP contribution in [0.5, 0.6) is 5.75 Å². The van der Waals surface area contributed by atoms with Crippen molar-refractivity contribution in [1.82, 2.24) is 15.0 Å². The maximum absolute atomic E-state index is 13.3. The number of aromatic nitrogens is 3. The molecular formula is C10H9BF4N3O-. The van der Waals surface area contributed by atoms with Gasteiger partial charge in [-0.3, -0.25) is 4.68 Å². The van der Waals surface area contributed by atoms with E-state index in [1.54, 1.807) is 13.2 Å². The molecule has 1 heterocycles. The zero-order chi connectivity index (χ0) is 14.0. The summed E-state index contributed by atoms with van der Waals surface area (Å²) in [5.74, 6) is -1.34. The van der Waals surface area contributed by atoms with Crippen LogP contribution in [0.1, 0.15) is 5.69 Å². The van der Waals surface area contributed by atoms with E-state index >= 15 is 0 Å². The van der Waals surface area contributed by atoms with Gasteiger partial charge in [-0.15, -0.1) is 5.10 Å². The SMILES string of the molecule is Cn1cc(COc2ccc([B-](F)(F)F)c(F)c2)nn1. The lowest BCUT2D eigenvalue weighted by atomic mass is 9.80. The quantitative estimate of drug-likeness (QED) is 0.627. The molecule has 9 heteroatoms. The van der Waals surface area contributed by atoms with Gasteiger partial charge in [-0.25, -0.2) is 4.39 Å². The summed E-state index contributed by atoms with van der Waals surface area (Å²) in [4.78, 5) is 0. The minimum atomic E-state index is -5.36. The monoisotopic (exact) mass is 274 g/mol. The van der Waals surface area contributed by atoms with E-state index in [0.717, 1.165) is 6.07 Å². The van der Waals surface area contributed by atoms with Gasteiger partial charge in [0.05, 0.1) is 12.0 Å². The summed E-state index contributed by atoms with van der Waals surface area (Å²) in [6.45, 7) is -5.35. The molecule has 2 aromatic rings. The minimum absolute atomic E-state index is 0.00376. The highest BCUT2D eigenvalue weighted by Crippen LogP contribution is 2.17. The van der Waals surface area contributed by atoms with Crippen molar-refractivity contribution in [3.8, 4) is 5.75 Å². The summed E-state index contributed by atoms with van der Waals surface area (Å²) in [5.41, 5.74) is -0.765. The average molecular weight is 274 g/mol. The van der Waals surface area contributed by atoms with Crippen molar-refractivity contribution in [2.45, 2.75) is 6.61 Å². The van der Waals surface area contributed by atoms with Crippen molar-refractivity contribution in [1.29, 1.82) is 0 Å². The molecule has 2 rings (SSSR count). The van der Waals surface area contributed by atoms with Gasteiger partial charge in [0, 0.05) is 13.1 Å². The third-order valence-corrected chi connectivity index (χ3v) is 2.36. The first kappa shape index (κ1) is 13.4. The van der Waals surface area contributed by atoms with Crippen LogP contribution in [0.3, 0.4) is 0 Å². The van der Waals surface area contributed by atoms with Crippen LogP contribution in [0.15, 0.2) is 24.4 Å². The van der Waals surface area contributed by atoms with Gasteiger partial charge in [-0.1, -0.05) is 16.7 Å². The molecule has 0 bridgehead atoms. The average Bonchev–Trinajstić information content (AvgIpc) is 2.71. The van der Waals surface area contributed by atoms with Gasteiger partial charge >= 0.3 is 6.98 Å². The Kier molecular flexibility index (Phi) is 3.45. The van der Waals surface area contributed by atoms with Crippen LogP contribution in [-0.4, -0.2) is 22.0 Å². The second-order valence-corrected chi connectivity index (χ2v) is 3.93. The number of hydrogen-bond acceptors (Lipinski definition) is 3. The van der Waals surface area contributed by atoms with Crippen molar-refractivity contribution in [2.24, 2.45) is 7.05 Å². The van der Waals surface area contributed by atoms with Crippen molar-refractivity contribution >= 4 is 12.4 Å². The molecule has 0 amide bonds. The molecule has 0 aliphatic heterocycles. The fourth-order valence-electron chi connectivity index (χ4n) is 1.48. The molecule has 0 aliphatic rings. The van der Waals surface area contributed by atoms with E-state index in [9.17, 15) is 17.3 Å². The summed E-state index contributed by atoms with van der Waals surface area (Å²) in [6, 6.07) is 2.45. The molecule has 0 unspecified atom stereocenters. The van der Waals surface area contributed by atoms with E-state index in [0.29, 0.717) is 17.8 Å². The lowest BCUT2D eigenvalue weighted by molar-refractivity contribution is 0.299. The van der Waals surface area contributed by atoms with Crippen LogP contribution in [0.2, 0.25) is 0 Å². The first-order valence-electron chi connectivity index (χ1n) is 5.33. The molecule has 19 heavy (non-hydrogen) atoms. The summed E-state index contributed by atoms with van der Waals surface area (Å²) in [6.07, 6.45) is 1.59. The third kappa shape index (κ3) is 3.24. The molecule has 0 radical (unpaired) electrons. The van der Waals surface area contributed by atoms with E-state index in [2.05, 4.69) is 10.3 Å². The summed E-state index contributed by atoms with van der Waals surface area (Å²) in [5, 5.41) is 7.39. The topological polar surface area (TPSA) is 39.9 Å². The van der Waals surface area contributed by atoms with Crippen LogP contribution in [0.25, 0.3) is 0 Å². The number of nitrogens with zero attached hydrogens (tertiary/aromatic N) is 3. The lowest BCUT2D eigenvalue weighted by Gasteiger charge is -2.16. The van der Waals surface area contributed by atoms with Crippen LogP contribution in [-0.2, 0) is 13.7 Å². The van der Waals surface area contributed by atoms with Crippen LogP contribution in [0, 0.1) is 5.82 Å². The summed E-state index contributed by atoms with van der Waals surface area (Å²) >= 11 is 0. The summed E-state index contributed by atoms with van der Waals surface area (Å²) < 4.78 is 57.0. The normalized spacial score (nSPS) is 11.6. The fourth-order valence-corrected chi connectivity index (χ4v) is 1.48. The standard InChI is InChI=1S/C10H9BF4N3O/c1-18-5-7(16-17-18)6-19-8-2-3-9(10(12)4-8)11(13,14)15/h2-5H,6H2,1H3/q-1. The van der Waals surface area contributed by atoms with E-state index in [1.165, 1.54) is 4.68 Å². The number of rotatable bonds is 4. The second kappa shape index (κ2) is 4.91. The molecule has 0 spiro atoms. The van der Waals surface area contributed by atoms with Gasteiger partial charge in [0.2, 0.25) is 0 Å². The molecule has 0 saturated heterocycles. The second-order valence-electron chi connectivity index (χ2n) is 3.93. The highest BCUT2D eigenvalue weighted by molar-refractivity contribution is 6.73. The minimum Gasteiger partial charge on any atom is -0.487 e. The Morgan fingerprint density at radius 2 is 2.05 bits per heavy atom. The zero-order valence-electron chi connectivity index (χ0n) is 9.86. The third-order valence-electron chi connectivity index (χ3n) is 2.36. The molecule has 1 aromatic heterocycles. The number of ether oxygens (including phenoxy) is 1. The van der Waals surface area contributed by atoms with Crippen LogP contribution >= 0.6 is 0 Å². The number of benzene rings is 1. The fraction of sp³-hybridized carbons (Fsp3) is 0.200. The van der Waals surface area contributed by atoms with Gasteiger partial charge in [0.15, 0.2) is 0 Å². The highest BCUT2D eigenvalue weighted by Gasteiger charge is 2.28. The number of hydrogen-bond donors (Lipinski definition) is 0.